The summed E-state index contributed by atoms with van der Waals surface area (Å²) in [6.07, 6.45) is 0. The molecule has 1 N–H and O–H groups in total. The Morgan fingerprint density at radius 3 is 2.36 bits per heavy atom. The minimum absolute atomic E-state index is 0.0507. The monoisotopic (exact) mass is 385 g/mol. The highest BCUT2D eigenvalue weighted by Gasteiger charge is 2.22. The van der Waals surface area contributed by atoms with Gasteiger partial charge >= 0.3 is 5.69 Å². The number of nitrogens with zero attached hydrogens (tertiary/aromatic N) is 3. The molecule has 2 aromatic carbocycles. The lowest BCUT2D eigenvalue weighted by Crippen LogP contribution is -2.45. The van der Waals surface area contributed by atoms with Gasteiger partial charge < -0.3 is 14.7 Å². The molecular weight excluding hydrogens is 362 g/mol. The van der Waals surface area contributed by atoms with E-state index in [1.54, 1.807) is 13.0 Å². The van der Waals surface area contributed by atoms with E-state index in [4.69, 9.17) is 4.74 Å². The molecule has 3 rings (SSSR count). The lowest BCUT2D eigenvalue weighted by atomic mass is 10.1. The molecule has 0 amide bonds. The molecule has 0 aliphatic carbocycles. The number of methoxy groups -OCH3 is 1. The number of hydrogen-bond donors (Lipinski definition) is 1. The summed E-state index contributed by atoms with van der Waals surface area (Å²) in [4.78, 5) is 26.4. The summed E-state index contributed by atoms with van der Waals surface area (Å²) in [7, 11) is 1.37. The summed E-state index contributed by atoms with van der Waals surface area (Å²) in [5.74, 6) is -0.293. The van der Waals surface area contributed by atoms with Crippen LogP contribution in [0.4, 0.5) is 11.4 Å². The zero-order chi connectivity index (χ0) is 20.3. The van der Waals surface area contributed by atoms with E-state index in [1.165, 1.54) is 13.2 Å². The average Bonchev–Trinajstić information content (AvgIpc) is 2.69. The Kier molecular flexibility index (Phi) is 5.79. The van der Waals surface area contributed by atoms with Gasteiger partial charge in [0.05, 0.1) is 12.0 Å². The van der Waals surface area contributed by atoms with Crippen LogP contribution in [-0.2, 0) is 6.54 Å². The van der Waals surface area contributed by atoms with Gasteiger partial charge in [-0.1, -0.05) is 0 Å². The van der Waals surface area contributed by atoms with Crippen molar-refractivity contribution in [3.63, 3.8) is 0 Å². The molecule has 1 fully saturated rings. The number of hydrogen-bond acceptors (Lipinski definition) is 7. The van der Waals surface area contributed by atoms with Crippen LogP contribution in [-0.4, -0.2) is 54.0 Å². The summed E-state index contributed by atoms with van der Waals surface area (Å²) in [6, 6.07) is 10.6. The molecule has 0 spiro atoms. The van der Waals surface area contributed by atoms with Crippen molar-refractivity contribution < 1.29 is 19.6 Å². The molecule has 1 heterocycles. The number of phenols is 1. The maximum absolute atomic E-state index is 11.4. The van der Waals surface area contributed by atoms with Crippen LogP contribution < -0.4 is 9.64 Å². The molecule has 2 aromatic rings. The Morgan fingerprint density at radius 2 is 1.82 bits per heavy atom. The predicted molar refractivity (Wildman–Crippen MR) is 105 cm³/mol. The van der Waals surface area contributed by atoms with Gasteiger partial charge in [0, 0.05) is 50.0 Å². The Labute approximate surface area is 163 Å². The highest BCUT2D eigenvalue weighted by molar-refractivity contribution is 5.94. The number of ether oxygens (including phenoxy) is 1. The number of piperazine rings is 1. The number of Topliss-reactive ketones (excluding diaryl/α,β-unsaturated/α-hetero) is 1. The second kappa shape index (κ2) is 8.26. The summed E-state index contributed by atoms with van der Waals surface area (Å²) in [5.41, 5.74) is 2.15. The van der Waals surface area contributed by atoms with Crippen LogP contribution in [0.1, 0.15) is 22.8 Å². The first kappa shape index (κ1) is 19.6. The van der Waals surface area contributed by atoms with Crippen LogP contribution >= 0.6 is 0 Å². The topological polar surface area (TPSA) is 96.2 Å². The van der Waals surface area contributed by atoms with E-state index in [9.17, 15) is 20.0 Å². The van der Waals surface area contributed by atoms with Crippen LogP contribution in [0.15, 0.2) is 36.4 Å². The second-order valence-corrected chi connectivity index (χ2v) is 6.79. The zero-order valence-electron chi connectivity index (χ0n) is 15.9. The van der Waals surface area contributed by atoms with Crippen molar-refractivity contribution in [1.29, 1.82) is 0 Å². The molecule has 0 unspecified atom stereocenters. The fourth-order valence-electron chi connectivity index (χ4n) is 3.36. The predicted octanol–water partition coefficient (Wildman–Crippen LogP) is 2.83. The van der Waals surface area contributed by atoms with E-state index in [2.05, 4.69) is 9.80 Å². The fourth-order valence-corrected chi connectivity index (χ4v) is 3.36. The lowest BCUT2D eigenvalue weighted by molar-refractivity contribution is -0.386. The Morgan fingerprint density at radius 1 is 1.18 bits per heavy atom. The van der Waals surface area contributed by atoms with Crippen molar-refractivity contribution in [1.82, 2.24) is 4.90 Å². The molecule has 1 saturated heterocycles. The van der Waals surface area contributed by atoms with E-state index >= 15 is 0 Å². The molecule has 28 heavy (non-hydrogen) atoms. The van der Waals surface area contributed by atoms with E-state index in [1.807, 2.05) is 24.3 Å². The van der Waals surface area contributed by atoms with Gasteiger partial charge in [-0.2, -0.15) is 0 Å². The molecule has 0 aromatic heterocycles. The third-order valence-electron chi connectivity index (χ3n) is 4.95. The minimum atomic E-state index is -0.607. The number of benzene rings is 2. The van der Waals surface area contributed by atoms with E-state index in [-0.39, 0.29) is 17.2 Å². The van der Waals surface area contributed by atoms with E-state index in [0.29, 0.717) is 12.1 Å². The first-order valence-electron chi connectivity index (χ1n) is 9.01. The zero-order valence-corrected chi connectivity index (χ0v) is 15.9. The number of nitro benzene ring substituents is 1. The molecule has 8 heteroatoms. The molecule has 148 valence electrons. The maximum Gasteiger partial charge on any atom is 0.314 e. The van der Waals surface area contributed by atoms with Crippen LogP contribution in [0.3, 0.4) is 0 Å². The summed E-state index contributed by atoms with van der Waals surface area (Å²) in [6.45, 7) is 5.31. The standard InChI is InChI=1S/C20H23N3O5/c1-14(24)16-3-5-17(6-4-16)22-9-7-21(8-10-22)13-15-11-18(23(26)27)20(25)19(12-15)28-2/h3-6,11-12,25H,7-10,13H2,1-2H3. The molecule has 0 radical (unpaired) electrons. The third-order valence-corrected chi connectivity index (χ3v) is 4.95. The first-order valence-corrected chi connectivity index (χ1v) is 9.01. The highest BCUT2D eigenvalue weighted by atomic mass is 16.6. The van der Waals surface area contributed by atoms with Crippen molar-refractivity contribution in [3.05, 3.63) is 57.6 Å². The number of carbonyl (C=O) groups is 1. The quantitative estimate of drug-likeness (QED) is 0.464. The number of aromatic hydroxyl groups is 1. The number of carbonyl (C=O) groups excluding carboxylic acids is 1. The van der Waals surface area contributed by atoms with Gasteiger partial charge in [-0.15, -0.1) is 0 Å². The molecule has 1 aliphatic rings. The van der Waals surface area contributed by atoms with Crippen molar-refractivity contribution in [2.75, 3.05) is 38.2 Å². The number of rotatable bonds is 6. The Hall–Kier alpha value is -3.13. The van der Waals surface area contributed by atoms with Crippen LogP contribution in [0.5, 0.6) is 11.5 Å². The fraction of sp³-hybridized carbons (Fsp3) is 0.350. The average molecular weight is 385 g/mol. The highest BCUT2D eigenvalue weighted by Crippen LogP contribution is 2.37. The van der Waals surface area contributed by atoms with Gasteiger partial charge in [-0.25, -0.2) is 0 Å². The van der Waals surface area contributed by atoms with E-state index in [0.717, 1.165) is 37.4 Å². The first-order chi connectivity index (χ1) is 13.4. The van der Waals surface area contributed by atoms with Crippen molar-refractivity contribution in [2.45, 2.75) is 13.5 Å². The van der Waals surface area contributed by atoms with Gasteiger partial charge in [-0.05, 0) is 42.8 Å². The summed E-state index contributed by atoms with van der Waals surface area (Å²) >= 11 is 0. The second-order valence-electron chi connectivity index (χ2n) is 6.79. The largest absolute Gasteiger partial charge is 0.500 e. The smallest absolute Gasteiger partial charge is 0.314 e. The van der Waals surface area contributed by atoms with Crippen LogP contribution in [0.25, 0.3) is 0 Å². The molecule has 0 saturated carbocycles. The number of anilines is 1. The van der Waals surface area contributed by atoms with Gasteiger partial charge in [0.2, 0.25) is 5.75 Å². The Bertz CT molecular complexity index is 874. The van der Waals surface area contributed by atoms with E-state index < -0.39 is 10.7 Å². The van der Waals surface area contributed by atoms with Crippen molar-refractivity contribution in [3.8, 4) is 11.5 Å². The third kappa shape index (κ3) is 4.23. The number of ketones is 1. The summed E-state index contributed by atoms with van der Waals surface area (Å²) in [5, 5.41) is 21.0. The van der Waals surface area contributed by atoms with Gasteiger partial charge in [-0.3, -0.25) is 19.8 Å². The normalized spacial score (nSPS) is 14.7. The maximum atomic E-state index is 11.4. The van der Waals surface area contributed by atoms with Crippen molar-refractivity contribution in [2.24, 2.45) is 0 Å². The van der Waals surface area contributed by atoms with Gasteiger partial charge in [0.15, 0.2) is 11.5 Å². The van der Waals surface area contributed by atoms with Gasteiger partial charge in [0.25, 0.3) is 0 Å². The Balaban J connectivity index is 1.65. The molecule has 1 aliphatic heterocycles. The minimum Gasteiger partial charge on any atom is -0.500 e. The molecule has 0 atom stereocenters. The number of phenolic OH excluding ortho intramolecular Hbond substituents is 1. The van der Waals surface area contributed by atoms with Gasteiger partial charge in [0.1, 0.15) is 0 Å². The number of nitro groups is 1. The molecular formula is C20H23N3O5. The molecule has 8 nitrogen and oxygen atoms in total. The lowest BCUT2D eigenvalue weighted by Gasteiger charge is -2.36. The van der Waals surface area contributed by atoms with Crippen molar-refractivity contribution >= 4 is 17.2 Å². The van der Waals surface area contributed by atoms with Crippen LogP contribution in [0, 0.1) is 10.1 Å². The summed E-state index contributed by atoms with van der Waals surface area (Å²) < 4.78 is 5.06. The SMILES string of the molecule is COc1cc(CN2CCN(c3ccc(C(C)=O)cc3)CC2)cc([N+](=O)[O-])c1O. The molecule has 0 bridgehead atoms. The van der Waals surface area contributed by atoms with Crippen LogP contribution in [0.2, 0.25) is 0 Å².